The third kappa shape index (κ3) is 2.30. The fourth-order valence-corrected chi connectivity index (χ4v) is 3.08. The molecule has 1 aliphatic heterocycles. The highest BCUT2D eigenvalue weighted by molar-refractivity contribution is 7.99. The van der Waals surface area contributed by atoms with Crippen molar-refractivity contribution in [2.45, 2.75) is 6.04 Å². The summed E-state index contributed by atoms with van der Waals surface area (Å²) in [6.07, 6.45) is 0. The van der Waals surface area contributed by atoms with Crippen molar-refractivity contribution >= 4 is 35.2 Å². The Bertz CT molecular complexity index is 491. The van der Waals surface area contributed by atoms with E-state index in [1.165, 1.54) is 23.9 Å². The van der Waals surface area contributed by atoms with E-state index in [0.29, 0.717) is 5.75 Å². The summed E-state index contributed by atoms with van der Waals surface area (Å²) in [5, 5.41) is 8.97. The number of thioether (sulfide) groups is 1. The van der Waals surface area contributed by atoms with Crippen LogP contribution in [0.25, 0.3) is 0 Å². The zero-order valence-corrected chi connectivity index (χ0v) is 10.7. The van der Waals surface area contributed by atoms with Crippen molar-refractivity contribution in [2.75, 3.05) is 11.6 Å². The van der Waals surface area contributed by atoms with Gasteiger partial charge in [-0.3, -0.25) is 4.79 Å². The largest absolute Gasteiger partial charge is 0.480 e. The predicted octanol–water partition coefficient (Wildman–Crippen LogP) is 2.08. The van der Waals surface area contributed by atoms with E-state index in [0.717, 1.165) is 11.0 Å². The summed E-state index contributed by atoms with van der Waals surface area (Å²) in [6.45, 7) is 0. The van der Waals surface area contributed by atoms with Crippen LogP contribution in [-0.2, 0) is 4.79 Å². The van der Waals surface area contributed by atoms with Gasteiger partial charge in [-0.1, -0.05) is 17.7 Å². The van der Waals surface area contributed by atoms with Gasteiger partial charge in [0.25, 0.3) is 5.91 Å². The molecule has 1 aromatic rings. The molecule has 1 fully saturated rings. The average Bonchev–Trinajstić information content (AvgIpc) is 2.77. The first-order chi connectivity index (χ1) is 8.52. The molecule has 0 aromatic heterocycles. The Morgan fingerprint density at radius 3 is 2.83 bits per heavy atom. The summed E-state index contributed by atoms with van der Waals surface area (Å²) in [7, 11) is 0. The topological polar surface area (TPSA) is 57.6 Å². The van der Waals surface area contributed by atoms with Gasteiger partial charge in [-0.2, -0.15) is 0 Å². The summed E-state index contributed by atoms with van der Waals surface area (Å²) < 4.78 is 13.6. The van der Waals surface area contributed by atoms with Gasteiger partial charge in [-0.25, -0.2) is 9.18 Å². The van der Waals surface area contributed by atoms with Crippen LogP contribution >= 0.6 is 23.4 Å². The highest BCUT2D eigenvalue weighted by atomic mass is 35.5. The number of carboxylic acids is 1. The maximum atomic E-state index is 13.6. The van der Waals surface area contributed by atoms with Gasteiger partial charge in [0, 0.05) is 5.75 Å². The van der Waals surface area contributed by atoms with Gasteiger partial charge in [0.05, 0.1) is 16.5 Å². The Morgan fingerprint density at radius 2 is 2.22 bits per heavy atom. The Balaban J connectivity index is 2.34. The molecule has 0 radical (unpaired) electrons. The SMILES string of the molecule is O=C(O)[C@@H]1CSCN1C(=O)c1c(F)cccc1Cl. The zero-order chi connectivity index (χ0) is 13.3. The molecule has 1 heterocycles. The number of aliphatic carboxylic acids is 1. The van der Waals surface area contributed by atoms with Crippen LogP contribution in [-0.4, -0.2) is 39.6 Å². The second kappa shape index (κ2) is 5.16. The first-order valence-electron chi connectivity index (χ1n) is 5.08. The molecule has 1 saturated heterocycles. The fourth-order valence-electron chi connectivity index (χ4n) is 1.69. The number of hydrogen-bond acceptors (Lipinski definition) is 3. The normalized spacial score (nSPS) is 19.0. The number of amides is 1. The molecule has 1 amide bonds. The molecule has 96 valence electrons. The average molecular weight is 290 g/mol. The predicted molar refractivity (Wildman–Crippen MR) is 66.3 cm³/mol. The number of carboxylic acid groups (broad SMARTS) is 1. The zero-order valence-electron chi connectivity index (χ0n) is 9.10. The maximum absolute atomic E-state index is 13.6. The van der Waals surface area contributed by atoms with Crippen molar-refractivity contribution in [2.24, 2.45) is 0 Å². The van der Waals surface area contributed by atoms with Crippen LogP contribution in [0.1, 0.15) is 10.4 Å². The van der Waals surface area contributed by atoms with Crippen molar-refractivity contribution in [3.8, 4) is 0 Å². The molecule has 18 heavy (non-hydrogen) atoms. The number of halogens is 2. The van der Waals surface area contributed by atoms with E-state index in [2.05, 4.69) is 0 Å². The second-order valence-corrected chi connectivity index (χ2v) is 5.13. The Kier molecular flexibility index (Phi) is 3.77. The Morgan fingerprint density at radius 1 is 1.50 bits per heavy atom. The fraction of sp³-hybridized carbons (Fsp3) is 0.273. The maximum Gasteiger partial charge on any atom is 0.327 e. The second-order valence-electron chi connectivity index (χ2n) is 3.73. The number of rotatable bonds is 2. The summed E-state index contributed by atoms with van der Waals surface area (Å²) in [5.41, 5.74) is -0.270. The van der Waals surface area contributed by atoms with Crippen LogP contribution in [0.5, 0.6) is 0 Å². The summed E-state index contributed by atoms with van der Waals surface area (Å²) in [5.74, 6) is -2.00. The summed E-state index contributed by atoms with van der Waals surface area (Å²) in [6, 6.07) is 2.98. The van der Waals surface area contributed by atoms with Crippen molar-refractivity contribution in [1.29, 1.82) is 0 Å². The minimum absolute atomic E-state index is 0.0129. The van der Waals surface area contributed by atoms with Crippen molar-refractivity contribution in [1.82, 2.24) is 4.90 Å². The molecule has 7 heteroatoms. The molecule has 1 aliphatic rings. The molecule has 4 nitrogen and oxygen atoms in total. The molecule has 1 aromatic carbocycles. The molecular weight excluding hydrogens is 281 g/mol. The van der Waals surface area contributed by atoms with E-state index >= 15 is 0 Å². The summed E-state index contributed by atoms with van der Waals surface area (Å²) >= 11 is 7.10. The standard InChI is InChI=1S/C11H9ClFNO3S/c12-6-2-1-3-7(13)9(6)10(15)14-5-18-4-8(14)11(16)17/h1-3,8H,4-5H2,(H,16,17)/t8-/m0/s1. The highest BCUT2D eigenvalue weighted by Gasteiger charge is 2.36. The number of hydrogen-bond donors (Lipinski definition) is 1. The number of benzene rings is 1. The van der Waals surface area contributed by atoms with Crippen LogP contribution < -0.4 is 0 Å². The van der Waals surface area contributed by atoms with Gasteiger partial charge < -0.3 is 10.0 Å². The van der Waals surface area contributed by atoms with E-state index in [1.807, 2.05) is 0 Å². The number of carbonyl (C=O) groups is 2. The van der Waals surface area contributed by atoms with E-state index < -0.39 is 23.7 Å². The summed E-state index contributed by atoms with van der Waals surface area (Å²) in [4.78, 5) is 24.2. The van der Waals surface area contributed by atoms with E-state index in [4.69, 9.17) is 16.7 Å². The highest BCUT2D eigenvalue weighted by Crippen LogP contribution is 2.27. The Labute approximate surface area is 112 Å². The molecule has 1 atom stereocenters. The first-order valence-corrected chi connectivity index (χ1v) is 6.61. The lowest BCUT2D eigenvalue weighted by atomic mass is 10.1. The third-order valence-electron chi connectivity index (χ3n) is 2.60. The number of nitrogens with zero attached hydrogens (tertiary/aromatic N) is 1. The van der Waals surface area contributed by atoms with E-state index in [9.17, 15) is 14.0 Å². The number of carbonyl (C=O) groups excluding carboxylic acids is 1. The monoisotopic (exact) mass is 289 g/mol. The van der Waals surface area contributed by atoms with Crippen molar-refractivity contribution in [3.63, 3.8) is 0 Å². The molecule has 0 saturated carbocycles. The van der Waals surface area contributed by atoms with Gasteiger partial charge in [-0.15, -0.1) is 11.8 Å². The van der Waals surface area contributed by atoms with Crippen LogP contribution in [0, 0.1) is 5.82 Å². The molecule has 0 bridgehead atoms. The van der Waals surface area contributed by atoms with Gasteiger partial charge in [0.15, 0.2) is 0 Å². The molecule has 2 rings (SSSR count). The van der Waals surface area contributed by atoms with Crippen LogP contribution in [0.15, 0.2) is 18.2 Å². The van der Waals surface area contributed by atoms with Crippen molar-refractivity contribution < 1.29 is 19.1 Å². The van der Waals surface area contributed by atoms with Gasteiger partial charge in [0.1, 0.15) is 11.9 Å². The first kappa shape index (κ1) is 13.2. The van der Waals surface area contributed by atoms with Crippen LogP contribution in [0.2, 0.25) is 5.02 Å². The quantitative estimate of drug-likeness (QED) is 0.905. The molecular formula is C11H9ClFNO3S. The smallest absolute Gasteiger partial charge is 0.327 e. The third-order valence-corrected chi connectivity index (χ3v) is 3.93. The molecule has 0 unspecified atom stereocenters. The van der Waals surface area contributed by atoms with Crippen LogP contribution in [0.3, 0.4) is 0 Å². The van der Waals surface area contributed by atoms with E-state index in [1.54, 1.807) is 0 Å². The lowest BCUT2D eigenvalue weighted by molar-refractivity contribution is -0.140. The Hall–Kier alpha value is -1.27. The molecule has 0 aliphatic carbocycles. The minimum atomic E-state index is -1.10. The lowest BCUT2D eigenvalue weighted by Crippen LogP contribution is -2.42. The minimum Gasteiger partial charge on any atom is -0.480 e. The van der Waals surface area contributed by atoms with Gasteiger partial charge >= 0.3 is 5.97 Å². The van der Waals surface area contributed by atoms with Gasteiger partial charge in [-0.05, 0) is 12.1 Å². The molecule has 0 spiro atoms. The van der Waals surface area contributed by atoms with E-state index in [-0.39, 0.29) is 16.5 Å². The molecule has 1 N–H and O–H groups in total. The lowest BCUT2D eigenvalue weighted by Gasteiger charge is -2.21. The van der Waals surface area contributed by atoms with Gasteiger partial charge in [0.2, 0.25) is 0 Å². The van der Waals surface area contributed by atoms with Crippen LogP contribution in [0.4, 0.5) is 4.39 Å². The van der Waals surface area contributed by atoms with Crippen molar-refractivity contribution in [3.05, 3.63) is 34.6 Å².